The monoisotopic (exact) mass is 517 g/mol. The van der Waals surface area contributed by atoms with Crippen molar-refractivity contribution in [2.45, 2.75) is 39.8 Å². The first-order chi connectivity index (χ1) is 17.8. The Morgan fingerprint density at radius 1 is 1.19 bits per heavy atom. The van der Waals surface area contributed by atoms with Crippen molar-refractivity contribution in [1.29, 1.82) is 5.26 Å². The molecule has 1 atom stereocenters. The van der Waals surface area contributed by atoms with Gasteiger partial charge in [-0.3, -0.25) is 9.36 Å². The second-order valence-corrected chi connectivity index (χ2v) is 9.50. The molecule has 0 saturated carbocycles. The predicted molar refractivity (Wildman–Crippen MR) is 140 cm³/mol. The van der Waals surface area contributed by atoms with E-state index in [1.54, 1.807) is 32.1 Å². The summed E-state index contributed by atoms with van der Waals surface area (Å²) >= 11 is 1.22. The molecule has 0 saturated heterocycles. The molecule has 0 N–H and O–H groups in total. The van der Waals surface area contributed by atoms with Gasteiger partial charge in [0.2, 0.25) is 0 Å². The third kappa shape index (κ3) is 5.34. The zero-order valence-electron chi connectivity index (χ0n) is 21.1. The van der Waals surface area contributed by atoms with Crippen LogP contribution >= 0.6 is 11.3 Å². The molecule has 37 heavy (non-hydrogen) atoms. The average Bonchev–Trinajstić information content (AvgIpc) is 3.17. The van der Waals surface area contributed by atoms with Gasteiger partial charge in [-0.2, -0.15) is 5.26 Å². The Bertz CT molecular complexity index is 1580. The van der Waals surface area contributed by atoms with E-state index in [-0.39, 0.29) is 24.9 Å². The van der Waals surface area contributed by atoms with Crippen molar-refractivity contribution < 1.29 is 19.0 Å². The fourth-order valence-corrected chi connectivity index (χ4v) is 5.17. The summed E-state index contributed by atoms with van der Waals surface area (Å²) in [6, 6.07) is 15.7. The van der Waals surface area contributed by atoms with E-state index < -0.39 is 12.0 Å². The number of allylic oxidation sites excluding steroid dienone is 1. The number of thiazole rings is 1. The maximum Gasteiger partial charge on any atom is 0.338 e. The number of benzene rings is 2. The number of esters is 1. The van der Waals surface area contributed by atoms with Gasteiger partial charge in [0, 0.05) is 11.1 Å². The van der Waals surface area contributed by atoms with Gasteiger partial charge in [-0.25, -0.2) is 9.79 Å². The number of carbonyl (C=O) groups is 1. The van der Waals surface area contributed by atoms with Crippen LogP contribution in [0.1, 0.15) is 44.9 Å². The zero-order valence-corrected chi connectivity index (χ0v) is 21.9. The summed E-state index contributed by atoms with van der Waals surface area (Å²) in [5.41, 5.74) is 1.78. The summed E-state index contributed by atoms with van der Waals surface area (Å²) in [5.74, 6) is 0.534. The molecule has 1 aliphatic rings. The number of carbonyl (C=O) groups excluding carboxylic acids is 1. The van der Waals surface area contributed by atoms with Gasteiger partial charge in [0.05, 0.1) is 28.5 Å². The van der Waals surface area contributed by atoms with Crippen LogP contribution in [0.2, 0.25) is 0 Å². The molecule has 0 amide bonds. The summed E-state index contributed by atoms with van der Waals surface area (Å²) in [6.07, 6.45) is 1.60. The molecule has 0 aliphatic carbocycles. The molecule has 0 fully saturated rings. The number of rotatable bonds is 8. The lowest BCUT2D eigenvalue weighted by atomic mass is 9.95. The normalized spacial score (nSPS) is 15.1. The van der Waals surface area contributed by atoms with Crippen LogP contribution in [0.15, 0.2) is 69.6 Å². The van der Waals surface area contributed by atoms with E-state index in [1.165, 1.54) is 15.9 Å². The smallest absolute Gasteiger partial charge is 0.338 e. The molecule has 3 aromatic rings. The lowest BCUT2D eigenvalue weighted by Gasteiger charge is -2.26. The summed E-state index contributed by atoms with van der Waals surface area (Å²) in [5, 5.41) is 8.91. The molecule has 0 spiro atoms. The van der Waals surface area contributed by atoms with E-state index in [9.17, 15) is 9.59 Å². The molecular formula is C28H27N3O5S. The molecule has 2 heterocycles. The Morgan fingerprint density at radius 3 is 2.59 bits per heavy atom. The Kier molecular flexibility index (Phi) is 7.89. The third-order valence-electron chi connectivity index (χ3n) is 5.59. The van der Waals surface area contributed by atoms with Crippen LogP contribution in [-0.2, 0) is 9.53 Å². The lowest BCUT2D eigenvalue weighted by molar-refractivity contribution is -0.139. The Hall–Kier alpha value is -4.16. The van der Waals surface area contributed by atoms with Gasteiger partial charge in [-0.15, -0.1) is 0 Å². The molecule has 0 radical (unpaired) electrons. The maximum absolute atomic E-state index is 13.9. The summed E-state index contributed by atoms with van der Waals surface area (Å²) < 4.78 is 18.9. The van der Waals surface area contributed by atoms with Crippen molar-refractivity contribution in [1.82, 2.24) is 4.57 Å². The van der Waals surface area contributed by atoms with Crippen LogP contribution in [0, 0.1) is 11.3 Å². The first-order valence-corrected chi connectivity index (χ1v) is 12.7. The van der Waals surface area contributed by atoms with Crippen molar-refractivity contribution in [3.63, 3.8) is 0 Å². The van der Waals surface area contributed by atoms with Crippen LogP contribution in [0.5, 0.6) is 11.5 Å². The molecule has 0 bridgehead atoms. The van der Waals surface area contributed by atoms with Crippen LogP contribution in [0.4, 0.5) is 0 Å². The van der Waals surface area contributed by atoms with Crippen molar-refractivity contribution in [3.05, 3.63) is 90.6 Å². The van der Waals surface area contributed by atoms with Crippen molar-refractivity contribution >= 4 is 23.4 Å². The van der Waals surface area contributed by atoms with Crippen molar-refractivity contribution in [2.75, 3.05) is 13.2 Å². The number of nitrogens with zero attached hydrogens (tertiary/aromatic N) is 3. The minimum atomic E-state index is -0.780. The Balaban J connectivity index is 1.96. The van der Waals surface area contributed by atoms with Crippen LogP contribution in [0.3, 0.4) is 0 Å². The number of hydrogen-bond donors (Lipinski definition) is 0. The van der Waals surface area contributed by atoms with Crippen LogP contribution in [0.25, 0.3) is 6.08 Å². The Labute approximate surface area is 218 Å². The topological polar surface area (TPSA) is 103 Å². The van der Waals surface area contributed by atoms with Gasteiger partial charge in [-0.1, -0.05) is 47.7 Å². The highest BCUT2D eigenvalue weighted by Gasteiger charge is 2.35. The van der Waals surface area contributed by atoms with E-state index in [1.807, 2.05) is 56.3 Å². The third-order valence-corrected chi connectivity index (χ3v) is 6.57. The molecular weight excluding hydrogens is 490 g/mol. The molecule has 0 unspecified atom stereocenters. The highest BCUT2D eigenvalue weighted by atomic mass is 32.1. The number of aromatic nitrogens is 1. The second-order valence-electron chi connectivity index (χ2n) is 8.49. The molecule has 190 valence electrons. The summed E-state index contributed by atoms with van der Waals surface area (Å²) in [6.45, 7) is 7.40. The molecule has 1 aliphatic heterocycles. The zero-order chi connectivity index (χ0) is 26.5. The lowest BCUT2D eigenvalue weighted by Crippen LogP contribution is -2.40. The van der Waals surface area contributed by atoms with Crippen molar-refractivity contribution in [3.8, 4) is 17.6 Å². The predicted octanol–water partition coefficient (Wildman–Crippen LogP) is 3.49. The van der Waals surface area contributed by atoms with Gasteiger partial charge in [0.15, 0.2) is 11.4 Å². The van der Waals surface area contributed by atoms with E-state index >= 15 is 0 Å². The van der Waals surface area contributed by atoms with Crippen LogP contribution < -0.4 is 24.4 Å². The molecule has 4 rings (SSSR count). The van der Waals surface area contributed by atoms with E-state index in [0.717, 1.165) is 0 Å². The number of hydrogen-bond acceptors (Lipinski definition) is 8. The number of fused-ring (bicyclic) bond motifs is 1. The van der Waals surface area contributed by atoms with Gasteiger partial charge in [-0.05, 0) is 45.9 Å². The standard InChI is InChI=1S/C28H27N3O5S/c1-5-34-27(33)24-18(4)30-28-31(25(24)20-11-7-9-13-22(20)36-17(2)3)26(32)23(37-28)16-19-10-6-8-12-21(19)35-15-14-29/h6-13,16-17,25H,5,15H2,1-4H3/b23-16+/t25-/m1/s1. The van der Waals surface area contributed by atoms with E-state index in [0.29, 0.717) is 43.2 Å². The average molecular weight is 518 g/mol. The quantitative estimate of drug-likeness (QED) is 0.424. The molecule has 2 aromatic carbocycles. The fraction of sp³-hybridized carbons (Fsp3) is 0.286. The number of para-hydroxylation sites is 2. The van der Waals surface area contributed by atoms with Gasteiger partial charge < -0.3 is 14.2 Å². The maximum atomic E-state index is 13.9. The minimum absolute atomic E-state index is 0.110. The SMILES string of the molecule is CCOC(=O)C1=C(C)N=c2s/c(=C/c3ccccc3OCC#N)c(=O)n2[C@@H]1c1ccccc1OC(C)C. The van der Waals surface area contributed by atoms with Crippen LogP contribution in [-0.4, -0.2) is 29.9 Å². The van der Waals surface area contributed by atoms with Gasteiger partial charge >= 0.3 is 5.97 Å². The number of ether oxygens (including phenoxy) is 3. The largest absolute Gasteiger partial charge is 0.491 e. The fourth-order valence-electron chi connectivity index (χ4n) is 4.14. The van der Waals surface area contributed by atoms with Gasteiger partial charge in [0.25, 0.3) is 5.56 Å². The highest BCUT2D eigenvalue weighted by molar-refractivity contribution is 7.07. The van der Waals surface area contributed by atoms with Gasteiger partial charge in [0.1, 0.15) is 23.6 Å². The molecule has 1 aromatic heterocycles. The summed E-state index contributed by atoms with van der Waals surface area (Å²) in [4.78, 5) is 32.1. The molecule has 8 nitrogen and oxygen atoms in total. The first-order valence-electron chi connectivity index (χ1n) is 11.9. The minimum Gasteiger partial charge on any atom is -0.491 e. The molecule has 9 heteroatoms. The first kappa shape index (κ1) is 25.9. The highest BCUT2D eigenvalue weighted by Crippen LogP contribution is 2.36. The van der Waals surface area contributed by atoms with E-state index in [4.69, 9.17) is 19.5 Å². The number of nitriles is 1. The van der Waals surface area contributed by atoms with E-state index in [2.05, 4.69) is 4.99 Å². The second kappa shape index (κ2) is 11.3. The summed E-state index contributed by atoms with van der Waals surface area (Å²) in [7, 11) is 0. The van der Waals surface area contributed by atoms with Crippen molar-refractivity contribution in [2.24, 2.45) is 4.99 Å². The Morgan fingerprint density at radius 2 is 1.89 bits per heavy atom.